The van der Waals surface area contributed by atoms with Gasteiger partial charge in [0.05, 0.1) is 25.9 Å². The van der Waals surface area contributed by atoms with Gasteiger partial charge in [-0.2, -0.15) is 8.42 Å². The van der Waals surface area contributed by atoms with Crippen molar-refractivity contribution >= 4 is 16.1 Å². The van der Waals surface area contributed by atoms with Gasteiger partial charge in [0.15, 0.2) is 0 Å². The second kappa shape index (κ2) is 6.74. The van der Waals surface area contributed by atoms with Crippen LogP contribution in [0.25, 0.3) is 0 Å². The lowest BCUT2D eigenvalue weighted by Crippen LogP contribution is -2.13. The smallest absolute Gasteiger partial charge is 0.308 e. The van der Waals surface area contributed by atoms with Crippen molar-refractivity contribution in [3.8, 4) is 0 Å². The largest absolute Gasteiger partial charge is 0.463 e. The maximum Gasteiger partial charge on any atom is 0.308 e. The summed E-state index contributed by atoms with van der Waals surface area (Å²) in [4.78, 5) is 10.9. The Kier molecular flexibility index (Phi) is 6.43. The van der Waals surface area contributed by atoms with E-state index in [9.17, 15) is 13.2 Å². The molecule has 0 aromatic carbocycles. The molecule has 0 radical (unpaired) electrons. The maximum atomic E-state index is 10.9. The summed E-state index contributed by atoms with van der Waals surface area (Å²) < 4.78 is 34.6. The fraction of sp³-hybridized carbons (Fsp3) is 0.857. The van der Waals surface area contributed by atoms with Crippen molar-refractivity contribution < 1.29 is 26.9 Å². The molecular formula is C7H14O6S. The van der Waals surface area contributed by atoms with E-state index in [1.54, 1.807) is 0 Å². The molecule has 0 aliphatic heterocycles. The van der Waals surface area contributed by atoms with Gasteiger partial charge >= 0.3 is 5.97 Å². The average molecular weight is 226 g/mol. The highest BCUT2D eigenvalue weighted by Gasteiger charge is 2.06. The number of carbonyl (C=O) groups is 1. The summed E-state index contributed by atoms with van der Waals surface area (Å²) in [6, 6.07) is 0. The molecule has 0 saturated heterocycles. The molecule has 0 amide bonds. The molecule has 6 nitrogen and oxygen atoms in total. The summed E-state index contributed by atoms with van der Waals surface area (Å²) in [5, 5.41) is 0. The first kappa shape index (κ1) is 13.3. The van der Waals surface area contributed by atoms with E-state index in [1.165, 1.54) is 7.11 Å². The minimum absolute atomic E-state index is 0.0865. The van der Waals surface area contributed by atoms with Gasteiger partial charge in [-0.3, -0.25) is 8.98 Å². The van der Waals surface area contributed by atoms with Crippen molar-refractivity contribution in [1.29, 1.82) is 0 Å². The van der Waals surface area contributed by atoms with E-state index >= 15 is 0 Å². The first-order valence-corrected chi connectivity index (χ1v) is 5.76. The van der Waals surface area contributed by atoms with Crippen molar-refractivity contribution in [3.63, 3.8) is 0 Å². The van der Waals surface area contributed by atoms with Crippen LogP contribution in [0.15, 0.2) is 0 Å². The van der Waals surface area contributed by atoms with Gasteiger partial charge in [-0.1, -0.05) is 0 Å². The van der Waals surface area contributed by atoms with Crippen LogP contribution in [0, 0.1) is 0 Å². The monoisotopic (exact) mass is 226 g/mol. The first-order valence-electron chi connectivity index (χ1n) is 3.94. The number of esters is 1. The van der Waals surface area contributed by atoms with Gasteiger partial charge in [0.2, 0.25) is 0 Å². The zero-order chi connectivity index (χ0) is 11.0. The summed E-state index contributed by atoms with van der Waals surface area (Å²) in [7, 11) is -1.99. The van der Waals surface area contributed by atoms with E-state index in [4.69, 9.17) is 0 Å². The number of hydrogen-bond donors (Lipinski definition) is 0. The van der Waals surface area contributed by atoms with Crippen LogP contribution in [0.4, 0.5) is 0 Å². The molecule has 0 rings (SSSR count). The van der Waals surface area contributed by atoms with Gasteiger partial charge in [0, 0.05) is 7.11 Å². The molecule has 0 bridgehead atoms. The highest BCUT2D eigenvalue weighted by molar-refractivity contribution is 7.85. The predicted octanol–water partition coefficient (Wildman–Crippen LogP) is -0.458. The van der Waals surface area contributed by atoms with Crippen molar-refractivity contribution in [2.75, 3.05) is 33.2 Å². The summed E-state index contributed by atoms with van der Waals surface area (Å²) in [5.41, 5.74) is 0. The Bertz CT molecular complexity index is 257. The molecule has 0 unspecified atom stereocenters. The molecule has 14 heavy (non-hydrogen) atoms. The molecule has 7 heteroatoms. The highest BCUT2D eigenvalue weighted by atomic mass is 32.2. The van der Waals surface area contributed by atoms with Gasteiger partial charge in [0.25, 0.3) is 10.1 Å². The molecule has 0 fully saturated rings. The quantitative estimate of drug-likeness (QED) is 0.332. The van der Waals surface area contributed by atoms with E-state index in [0.717, 1.165) is 6.26 Å². The van der Waals surface area contributed by atoms with E-state index < -0.39 is 16.1 Å². The minimum Gasteiger partial charge on any atom is -0.463 e. The maximum absolute atomic E-state index is 10.9. The molecular weight excluding hydrogens is 212 g/mol. The number of ether oxygens (including phenoxy) is 2. The summed E-state index contributed by atoms with van der Waals surface area (Å²) in [5.74, 6) is -0.509. The van der Waals surface area contributed by atoms with Crippen molar-refractivity contribution in [2.24, 2.45) is 0 Å². The molecule has 0 aromatic rings. The summed E-state index contributed by atoms with van der Waals surface area (Å²) in [6.07, 6.45) is 0.833. The number of carbonyl (C=O) groups excluding carboxylic acids is 1. The van der Waals surface area contributed by atoms with Crippen LogP contribution in [-0.2, 0) is 28.6 Å². The molecule has 0 aliphatic rings. The first-order chi connectivity index (χ1) is 6.45. The Morgan fingerprint density at radius 2 is 1.86 bits per heavy atom. The topological polar surface area (TPSA) is 78.9 Å². The van der Waals surface area contributed by atoms with Crippen LogP contribution in [0.1, 0.15) is 6.42 Å². The summed E-state index contributed by atoms with van der Waals surface area (Å²) >= 11 is 0. The third-order valence-corrected chi connectivity index (χ3v) is 1.75. The summed E-state index contributed by atoms with van der Waals surface area (Å²) in [6.45, 7) is 0.289. The molecule has 84 valence electrons. The lowest BCUT2D eigenvalue weighted by atomic mass is 10.5. The second-order valence-corrected chi connectivity index (χ2v) is 4.13. The van der Waals surface area contributed by atoms with Gasteiger partial charge in [-0.05, 0) is 0 Å². The molecule has 0 spiro atoms. The van der Waals surface area contributed by atoms with Gasteiger partial charge in [0.1, 0.15) is 6.61 Å². The second-order valence-electron chi connectivity index (χ2n) is 2.49. The standard InChI is InChI=1S/C7H14O6S/c1-11-5-6-12-7(8)3-4-13-14(2,9)10/h3-6H2,1-2H3. The van der Waals surface area contributed by atoms with Gasteiger partial charge in [-0.25, -0.2) is 0 Å². The van der Waals surface area contributed by atoms with Crippen LogP contribution in [-0.4, -0.2) is 47.6 Å². The zero-order valence-electron chi connectivity index (χ0n) is 8.19. The van der Waals surface area contributed by atoms with Crippen molar-refractivity contribution in [3.05, 3.63) is 0 Å². The van der Waals surface area contributed by atoms with E-state index in [2.05, 4.69) is 13.7 Å². The molecule has 0 saturated carbocycles. The molecule has 0 aromatic heterocycles. The Balaban J connectivity index is 3.45. The lowest BCUT2D eigenvalue weighted by Gasteiger charge is -2.03. The Labute approximate surface area is 83.3 Å². The van der Waals surface area contributed by atoms with E-state index in [-0.39, 0.29) is 19.6 Å². The van der Waals surface area contributed by atoms with Crippen LogP contribution in [0.3, 0.4) is 0 Å². The van der Waals surface area contributed by atoms with Crippen molar-refractivity contribution in [2.45, 2.75) is 6.42 Å². The minimum atomic E-state index is -3.48. The number of rotatable bonds is 7. The normalized spacial score (nSPS) is 11.3. The van der Waals surface area contributed by atoms with Crippen LogP contribution < -0.4 is 0 Å². The fourth-order valence-corrected chi connectivity index (χ4v) is 0.973. The molecule has 0 aliphatic carbocycles. The predicted molar refractivity (Wildman–Crippen MR) is 48.2 cm³/mol. The lowest BCUT2D eigenvalue weighted by molar-refractivity contribution is -0.145. The van der Waals surface area contributed by atoms with Gasteiger partial charge < -0.3 is 9.47 Å². The van der Waals surface area contributed by atoms with Crippen LogP contribution in [0.2, 0.25) is 0 Å². The third-order valence-electron chi connectivity index (χ3n) is 1.15. The van der Waals surface area contributed by atoms with Gasteiger partial charge in [-0.15, -0.1) is 0 Å². The average Bonchev–Trinajstić information content (AvgIpc) is 2.02. The molecule has 0 heterocycles. The van der Waals surface area contributed by atoms with Crippen LogP contribution in [0.5, 0.6) is 0 Å². The molecule has 0 N–H and O–H groups in total. The van der Waals surface area contributed by atoms with E-state index in [1.807, 2.05) is 0 Å². The SMILES string of the molecule is COCCOC(=O)CCOS(C)(=O)=O. The van der Waals surface area contributed by atoms with Crippen LogP contribution >= 0.6 is 0 Å². The Hall–Kier alpha value is -0.660. The zero-order valence-corrected chi connectivity index (χ0v) is 9.00. The number of methoxy groups -OCH3 is 1. The third kappa shape index (κ3) is 9.43. The highest BCUT2D eigenvalue weighted by Crippen LogP contribution is 1.92. The fourth-order valence-electron chi connectivity index (χ4n) is 0.587. The Morgan fingerprint density at radius 1 is 1.21 bits per heavy atom. The number of hydrogen-bond acceptors (Lipinski definition) is 6. The van der Waals surface area contributed by atoms with Crippen molar-refractivity contribution in [1.82, 2.24) is 0 Å². The Morgan fingerprint density at radius 3 is 2.36 bits per heavy atom. The van der Waals surface area contributed by atoms with E-state index in [0.29, 0.717) is 6.61 Å². The molecule has 0 atom stereocenters.